The Morgan fingerprint density at radius 2 is 1.78 bits per heavy atom. The SMILES string of the molecule is CCCC(CCN)CCCNC1CCCCCC1. The van der Waals surface area contributed by atoms with Gasteiger partial charge in [-0.3, -0.25) is 0 Å². The Balaban J connectivity index is 2.04. The molecule has 0 amide bonds. The van der Waals surface area contributed by atoms with Gasteiger partial charge in [0.15, 0.2) is 0 Å². The lowest BCUT2D eigenvalue weighted by Crippen LogP contribution is -2.29. The van der Waals surface area contributed by atoms with E-state index >= 15 is 0 Å². The molecule has 0 aromatic rings. The van der Waals surface area contributed by atoms with Crippen LogP contribution in [0.25, 0.3) is 0 Å². The highest BCUT2D eigenvalue weighted by atomic mass is 14.9. The monoisotopic (exact) mass is 254 g/mol. The molecule has 0 spiro atoms. The van der Waals surface area contributed by atoms with Crippen molar-refractivity contribution < 1.29 is 0 Å². The zero-order valence-electron chi connectivity index (χ0n) is 12.4. The van der Waals surface area contributed by atoms with Crippen molar-refractivity contribution in [3.63, 3.8) is 0 Å². The van der Waals surface area contributed by atoms with Gasteiger partial charge in [0.25, 0.3) is 0 Å². The second-order valence-corrected chi connectivity index (χ2v) is 6.02. The van der Waals surface area contributed by atoms with Gasteiger partial charge in [0.05, 0.1) is 0 Å². The summed E-state index contributed by atoms with van der Waals surface area (Å²) in [5, 5.41) is 3.77. The van der Waals surface area contributed by atoms with Crippen LogP contribution in [0.4, 0.5) is 0 Å². The molecular weight excluding hydrogens is 220 g/mol. The van der Waals surface area contributed by atoms with Crippen molar-refractivity contribution in [3.05, 3.63) is 0 Å². The maximum absolute atomic E-state index is 5.68. The van der Waals surface area contributed by atoms with Crippen LogP contribution in [0.5, 0.6) is 0 Å². The Bertz CT molecular complexity index is 164. The first-order valence-corrected chi connectivity index (χ1v) is 8.30. The summed E-state index contributed by atoms with van der Waals surface area (Å²) in [6, 6.07) is 0.812. The fraction of sp³-hybridized carbons (Fsp3) is 1.00. The molecule has 1 unspecified atom stereocenters. The van der Waals surface area contributed by atoms with Crippen LogP contribution in [0.3, 0.4) is 0 Å². The fourth-order valence-corrected chi connectivity index (χ4v) is 3.26. The van der Waals surface area contributed by atoms with E-state index in [1.807, 2.05) is 0 Å². The van der Waals surface area contributed by atoms with E-state index in [-0.39, 0.29) is 0 Å². The molecule has 2 heteroatoms. The Kier molecular flexibility index (Phi) is 9.59. The molecule has 1 rings (SSSR count). The summed E-state index contributed by atoms with van der Waals surface area (Å²) in [5.74, 6) is 0.871. The molecule has 0 aliphatic heterocycles. The van der Waals surface area contributed by atoms with Gasteiger partial charge in [-0.05, 0) is 51.1 Å². The van der Waals surface area contributed by atoms with Crippen molar-refractivity contribution in [3.8, 4) is 0 Å². The molecule has 1 fully saturated rings. The summed E-state index contributed by atoms with van der Waals surface area (Å²) >= 11 is 0. The lowest BCUT2D eigenvalue weighted by Gasteiger charge is -2.18. The van der Waals surface area contributed by atoms with Gasteiger partial charge in [0.1, 0.15) is 0 Å². The maximum Gasteiger partial charge on any atom is 0.00670 e. The van der Waals surface area contributed by atoms with Crippen LogP contribution in [-0.4, -0.2) is 19.1 Å². The van der Waals surface area contributed by atoms with Crippen LogP contribution in [0.1, 0.15) is 77.6 Å². The first-order chi connectivity index (χ1) is 8.86. The Morgan fingerprint density at radius 1 is 1.06 bits per heavy atom. The van der Waals surface area contributed by atoms with Crippen LogP contribution in [0.2, 0.25) is 0 Å². The molecule has 3 N–H and O–H groups in total. The number of hydrogen-bond donors (Lipinski definition) is 2. The maximum atomic E-state index is 5.68. The number of hydrogen-bond acceptors (Lipinski definition) is 2. The van der Waals surface area contributed by atoms with E-state index in [0.29, 0.717) is 0 Å². The molecule has 1 atom stereocenters. The number of nitrogens with one attached hydrogen (secondary N) is 1. The summed E-state index contributed by atoms with van der Waals surface area (Å²) in [7, 11) is 0. The second kappa shape index (κ2) is 10.8. The third-order valence-electron chi connectivity index (χ3n) is 4.35. The molecule has 108 valence electrons. The quantitative estimate of drug-likeness (QED) is 0.484. The highest BCUT2D eigenvalue weighted by Crippen LogP contribution is 2.18. The minimum Gasteiger partial charge on any atom is -0.330 e. The van der Waals surface area contributed by atoms with Crippen molar-refractivity contribution in [2.45, 2.75) is 83.6 Å². The van der Waals surface area contributed by atoms with Crippen LogP contribution in [0.15, 0.2) is 0 Å². The van der Waals surface area contributed by atoms with Gasteiger partial charge in [-0.2, -0.15) is 0 Å². The van der Waals surface area contributed by atoms with E-state index in [1.165, 1.54) is 77.2 Å². The standard InChI is InChI=1S/C16H34N2/c1-2-8-15(12-13-17)9-7-14-18-16-10-5-3-4-6-11-16/h15-16,18H,2-14,17H2,1H3. The van der Waals surface area contributed by atoms with Crippen molar-refractivity contribution in [2.75, 3.05) is 13.1 Å². The van der Waals surface area contributed by atoms with E-state index in [4.69, 9.17) is 5.73 Å². The zero-order valence-corrected chi connectivity index (χ0v) is 12.4. The lowest BCUT2D eigenvalue weighted by molar-refractivity contribution is 0.386. The molecule has 0 aromatic carbocycles. The highest BCUT2D eigenvalue weighted by molar-refractivity contribution is 4.71. The Labute approximate surface area is 114 Å². The van der Waals surface area contributed by atoms with Gasteiger partial charge in [0.2, 0.25) is 0 Å². The molecule has 1 aliphatic carbocycles. The minimum atomic E-state index is 0.812. The molecule has 18 heavy (non-hydrogen) atoms. The van der Waals surface area contributed by atoms with Crippen LogP contribution < -0.4 is 11.1 Å². The average molecular weight is 254 g/mol. The number of rotatable bonds is 9. The smallest absolute Gasteiger partial charge is 0.00670 e. The molecule has 0 radical (unpaired) electrons. The van der Waals surface area contributed by atoms with Crippen LogP contribution in [-0.2, 0) is 0 Å². The summed E-state index contributed by atoms with van der Waals surface area (Å²) in [6.07, 6.45) is 15.2. The molecule has 0 heterocycles. The second-order valence-electron chi connectivity index (χ2n) is 6.02. The molecule has 0 saturated heterocycles. The summed E-state index contributed by atoms with van der Waals surface area (Å²) in [6.45, 7) is 4.36. The van der Waals surface area contributed by atoms with Gasteiger partial charge in [-0.25, -0.2) is 0 Å². The highest BCUT2D eigenvalue weighted by Gasteiger charge is 2.11. The van der Waals surface area contributed by atoms with Crippen molar-refractivity contribution in [1.82, 2.24) is 5.32 Å². The third-order valence-corrected chi connectivity index (χ3v) is 4.35. The molecular formula is C16H34N2. The average Bonchev–Trinajstić information content (AvgIpc) is 2.63. The molecule has 0 bridgehead atoms. The molecule has 0 aromatic heterocycles. The molecule has 2 nitrogen and oxygen atoms in total. The van der Waals surface area contributed by atoms with Gasteiger partial charge in [0, 0.05) is 6.04 Å². The summed E-state index contributed by atoms with van der Waals surface area (Å²) < 4.78 is 0. The first kappa shape index (κ1) is 16.0. The topological polar surface area (TPSA) is 38.0 Å². The number of nitrogens with two attached hydrogens (primary N) is 1. The van der Waals surface area contributed by atoms with Crippen molar-refractivity contribution in [2.24, 2.45) is 11.7 Å². The van der Waals surface area contributed by atoms with E-state index in [2.05, 4.69) is 12.2 Å². The van der Waals surface area contributed by atoms with E-state index in [9.17, 15) is 0 Å². The van der Waals surface area contributed by atoms with Crippen molar-refractivity contribution in [1.29, 1.82) is 0 Å². The van der Waals surface area contributed by atoms with Crippen LogP contribution in [0, 0.1) is 5.92 Å². The van der Waals surface area contributed by atoms with Gasteiger partial charge < -0.3 is 11.1 Å². The van der Waals surface area contributed by atoms with Gasteiger partial charge in [-0.1, -0.05) is 45.4 Å². The Hall–Kier alpha value is -0.0800. The predicted octanol–water partition coefficient (Wildman–Crippen LogP) is 3.84. The van der Waals surface area contributed by atoms with Crippen LogP contribution >= 0.6 is 0 Å². The normalized spacial score (nSPS) is 19.7. The van der Waals surface area contributed by atoms with Crippen molar-refractivity contribution >= 4 is 0 Å². The van der Waals surface area contributed by atoms with E-state index in [0.717, 1.165) is 18.5 Å². The van der Waals surface area contributed by atoms with E-state index < -0.39 is 0 Å². The summed E-state index contributed by atoms with van der Waals surface area (Å²) in [4.78, 5) is 0. The third kappa shape index (κ3) is 7.38. The lowest BCUT2D eigenvalue weighted by atomic mass is 9.94. The van der Waals surface area contributed by atoms with Gasteiger partial charge in [-0.15, -0.1) is 0 Å². The first-order valence-electron chi connectivity index (χ1n) is 8.30. The molecule has 1 aliphatic rings. The van der Waals surface area contributed by atoms with Gasteiger partial charge >= 0.3 is 0 Å². The molecule has 1 saturated carbocycles. The minimum absolute atomic E-state index is 0.812. The largest absolute Gasteiger partial charge is 0.330 e. The van der Waals surface area contributed by atoms with E-state index in [1.54, 1.807) is 0 Å². The Morgan fingerprint density at radius 3 is 2.39 bits per heavy atom. The predicted molar refractivity (Wildman–Crippen MR) is 80.8 cm³/mol. The zero-order chi connectivity index (χ0) is 13.1. The summed E-state index contributed by atoms with van der Waals surface area (Å²) in [5.41, 5.74) is 5.68. The fourth-order valence-electron chi connectivity index (χ4n) is 3.26.